The molecule has 5 aromatic rings. The van der Waals surface area contributed by atoms with Gasteiger partial charge in [0.05, 0.1) is 20.8 Å². The lowest BCUT2D eigenvalue weighted by atomic mass is 10.00. The molecule has 4 heterocycles. The minimum atomic E-state index is -0.820. The molecule has 0 aliphatic carbocycles. The zero-order valence-corrected chi connectivity index (χ0v) is 24.9. The van der Waals surface area contributed by atoms with Crippen LogP contribution in [0.4, 0.5) is 10.1 Å². The van der Waals surface area contributed by atoms with Crippen molar-refractivity contribution >= 4 is 40.6 Å². The fraction of sp³-hybridized carbons (Fsp3) is 0.156. The van der Waals surface area contributed by atoms with Gasteiger partial charge in [0.25, 0.3) is 11.5 Å². The Balaban J connectivity index is 1.34. The second kappa shape index (κ2) is 11.5. The molecule has 1 N–H and O–H groups in total. The molecule has 1 aliphatic rings. The molecular weight excluding hydrogens is 593 g/mol. The van der Waals surface area contributed by atoms with Crippen molar-refractivity contribution in [1.29, 1.82) is 0 Å². The Kier molecular flexibility index (Phi) is 7.64. The van der Waals surface area contributed by atoms with Gasteiger partial charge in [-0.05, 0) is 68.8 Å². The van der Waals surface area contributed by atoms with Crippen LogP contribution in [0.1, 0.15) is 41.6 Å². The number of furan rings is 2. The second-order valence-corrected chi connectivity index (χ2v) is 11.4. The first kappa shape index (κ1) is 28.4. The number of amides is 1. The van der Waals surface area contributed by atoms with Gasteiger partial charge in [0.1, 0.15) is 47.3 Å². The van der Waals surface area contributed by atoms with E-state index in [-0.39, 0.29) is 23.1 Å². The predicted molar refractivity (Wildman–Crippen MR) is 161 cm³/mol. The first-order valence-corrected chi connectivity index (χ1v) is 14.5. The largest absolute Gasteiger partial charge is 0.486 e. The maximum absolute atomic E-state index is 13.8. The number of aromatic nitrogens is 1. The lowest BCUT2D eigenvalue weighted by Crippen LogP contribution is -2.40. The van der Waals surface area contributed by atoms with Gasteiger partial charge in [-0.2, -0.15) is 0 Å². The molecule has 0 unspecified atom stereocenters. The summed E-state index contributed by atoms with van der Waals surface area (Å²) >= 11 is 7.01. The zero-order valence-electron chi connectivity index (χ0n) is 23.3. The molecule has 0 radical (unpaired) electrons. The summed E-state index contributed by atoms with van der Waals surface area (Å²) in [5, 5.41) is 2.94. The summed E-state index contributed by atoms with van der Waals surface area (Å²) in [6, 6.07) is 17.7. The van der Waals surface area contributed by atoms with Crippen LogP contribution in [0.2, 0.25) is 5.02 Å². The highest BCUT2D eigenvalue weighted by atomic mass is 35.5. The van der Waals surface area contributed by atoms with Crippen molar-refractivity contribution in [3.8, 4) is 5.75 Å². The Bertz CT molecular complexity index is 2090. The van der Waals surface area contributed by atoms with Gasteiger partial charge in [0.2, 0.25) is 0 Å². The Hall–Kier alpha value is -4.67. The third-order valence-corrected chi connectivity index (χ3v) is 8.19. The van der Waals surface area contributed by atoms with Gasteiger partial charge in [0, 0.05) is 17.8 Å². The van der Waals surface area contributed by atoms with Gasteiger partial charge >= 0.3 is 0 Å². The summed E-state index contributed by atoms with van der Waals surface area (Å²) in [5.41, 5.74) is 2.03. The normalized spacial score (nSPS) is 14.9. The van der Waals surface area contributed by atoms with E-state index >= 15 is 0 Å². The zero-order chi connectivity index (χ0) is 30.2. The third kappa shape index (κ3) is 5.71. The monoisotopic (exact) mass is 617 g/mol. The standard InChI is InChI=1S/C32H25ClFN3O5S/c1-17-6-4-5-7-25(17)36-30(38)28-19(3)35-32-37(29(28)26-13-8-18(2)41-26)31(39)27(43-32)15-21-9-10-22(42-21)16-40-20-11-12-24(34)23(33)14-20/h4-15,29H,16H2,1-3H3,(H,36,38)/b27-15+/t29-/m0/s1. The number of benzene rings is 2. The van der Waals surface area contributed by atoms with Gasteiger partial charge in [0.15, 0.2) is 4.80 Å². The smallest absolute Gasteiger partial charge is 0.271 e. The van der Waals surface area contributed by atoms with Gasteiger partial charge in [-0.1, -0.05) is 41.1 Å². The molecule has 0 fully saturated rings. The number of carbonyl (C=O) groups excluding carboxylic acids is 1. The van der Waals surface area contributed by atoms with Crippen LogP contribution in [0.5, 0.6) is 5.75 Å². The van der Waals surface area contributed by atoms with Crippen LogP contribution >= 0.6 is 22.9 Å². The lowest BCUT2D eigenvalue weighted by molar-refractivity contribution is -0.113. The average Bonchev–Trinajstić information content (AvgIpc) is 3.69. The van der Waals surface area contributed by atoms with Crippen LogP contribution in [0.25, 0.3) is 6.08 Å². The Morgan fingerprint density at radius 3 is 2.67 bits per heavy atom. The van der Waals surface area contributed by atoms with E-state index in [0.717, 1.165) is 5.56 Å². The maximum Gasteiger partial charge on any atom is 0.271 e. The number of hydrogen-bond acceptors (Lipinski definition) is 7. The van der Waals surface area contributed by atoms with Crippen LogP contribution in [-0.4, -0.2) is 10.5 Å². The molecule has 1 aliphatic heterocycles. The first-order valence-electron chi connectivity index (χ1n) is 13.3. The molecule has 0 saturated carbocycles. The second-order valence-electron chi connectivity index (χ2n) is 9.97. The van der Waals surface area contributed by atoms with E-state index in [4.69, 9.17) is 25.2 Å². The molecule has 43 heavy (non-hydrogen) atoms. The van der Waals surface area contributed by atoms with E-state index in [9.17, 15) is 14.0 Å². The number of rotatable bonds is 7. The number of allylic oxidation sites excluding steroid dienone is 1. The Morgan fingerprint density at radius 1 is 1.12 bits per heavy atom. The molecule has 8 nitrogen and oxygen atoms in total. The molecule has 1 atom stereocenters. The highest BCUT2D eigenvalue weighted by Crippen LogP contribution is 2.32. The van der Waals surface area contributed by atoms with Crippen molar-refractivity contribution in [2.24, 2.45) is 4.99 Å². The van der Waals surface area contributed by atoms with Crippen LogP contribution in [0, 0.1) is 19.7 Å². The quantitative estimate of drug-likeness (QED) is 0.240. The van der Waals surface area contributed by atoms with Crippen LogP contribution in [0.15, 0.2) is 96.6 Å². The number of carbonyl (C=O) groups is 1. The average molecular weight is 618 g/mol. The van der Waals surface area contributed by atoms with E-state index in [1.54, 1.807) is 44.2 Å². The third-order valence-electron chi connectivity index (χ3n) is 6.92. The molecule has 0 saturated heterocycles. The summed E-state index contributed by atoms with van der Waals surface area (Å²) < 4.78 is 32.8. The van der Waals surface area contributed by atoms with Crippen molar-refractivity contribution < 1.29 is 22.8 Å². The number of anilines is 1. The van der Waals surface area contributed by atoms with Crippen molar-refractivity contribution in [1.82, 2.24) is 4.57 Å². The Morgan fingerprint density at radius 2 is 1.93 bits per heavy atom. The van der Waals surface area contributed by atoms with Gasteiger partial charge in [-0.15, -0.1) is 0 Å². The van der Waals surface area contributed by atoms with E-state index in [1.165, 1.54) is 34.1 Å². The number of para-hydroxylation sites is 1. The fourth-order valence-corrected chi connectivity index (χ4v) is 5.98. The van der Waals surface area contributed by atoms with Crippen molar-refractivity contribution in [2.75, 3.05) is 5.32 Å². The molecule has 0 bridgehead atoms. The van der Waals surface area contributed by atoms with Crippen molar-refractivity contribution in [3.63, 3.8) is 0 Å². The maximum atomic E-state index is 13.8. The molecule has 6 rings (SSSR count). The number of halogens is 2. The van der Waals surface area contributed by atoms with Gasteiger partial charge in [-0.3, -0.25) is 14.2 Å². The molecule has 3 aromatic heterocycles. The summed E-state index contributed by atoms with van der Waals surface area (Å²) in [6.07, 6.45) is 1.62. The number of ether oxygens (including phenoxy) is 1. The van der Waals surface area contributed by atoms with Gasteiger partial charge in [-0.25, -0.2) is 9.38 Å². The van der Waals surface area contributed by atoms with E-state index in [1.807, 2.05) is 31.2 Å². The summed E-state index contributed by atoms with van der Waals surface area (Å²) in [6.45, 7) is 5.54. The van der Waals surface area contributed by atoms with Crippen LogP contribution in [-0.2, 0) is 11.4 Å². The molecule has 2 aromatic carbocycles. The number of nitrogens with one attached hydrogen (secondary N) is 1. The highest BCUT2D eigenvalue weighted by Gasteiger charge is 2.34. The fourth-order valence-electron chi connectivity index (χ4n) is 4.78. The minimum Gasteiger partial charge on any atom is -0.486 e. The number of fused-ring (bicyclic) bond motifs is 1. The number of thiazole rings is 1. The van der Waals surface area contributed by atoms with Crippen LogP contribution < -0.4 is 24.9 Å². The SMILES string of the molecule is CC1=C(C(=O)Nc2ccccc2C)[C@H](c2ccc(C)o2)n2c(s/c(=C/c3ccc(COc4ccc(F)c(Cl)c4)o3)c2=O)=N1. The lowest BCUT2D eigenvalue weighted by Gasteiger charge is -2.23. The molecule has 1 amide bonds. The topological polar surface area (TPSA) is 99.0 Å². The minimum absolute atomic E-state index is 0.0397. The molecule has 0 spiro atoms. The van der Waals surface area contributed by atoms with Crippen molar-refractivity contribution in [3.05, 3.63) is 137 Å². The van der Waals surface area contributed by atoms with Crippen molar-refractivity contribution in [2.45, 2.75) is 33.4 Å². The molecule has 11 heteroatoms. The number of aryl methyl sites for hydroxylation is 2. The molecular formula is C32H25ClFN3O5S. The summed E-state index contributed by atoms with van der Waals surface area (Å²) in [4.78, 5) is 32.6. The number of hydrogen-bond donors (Lipinski definition) is 1. The van der Waals surface area contributed by atoms with E-state index < -0.39 is 11.9 Å². The Labute approximate surface area is 254 Å². The predicted octanol–water partition coefficient (Wildman–Crippen LogP) is 6.05. The highest BCUT2D eigenvalue weighted by molar-refractivity contribution is 7.07. The van der Waals surface area contributed by atoms with Gasteiger partial charge < -0.3 is 18.9 Å². The van der Waals surface area contributed by atoms with E-state index in [2.05, 4.69) is 10.3 Å². The summed E-state index contributed by atoms with van der Waals surface area (Å²) in [7, 11) is 0. The van der Waals surface area contributed by atoms with E-state index in [0.29, 0.717) is 55.1 Å². The first-order chi connectivity index (χ1) is 20.7. The summed E-state index contributed by atoms with van der Waals surface area (Å²) in [5.74, 6) is 1.51. The number of nitrogens with zero attached hydrogens (tertiary/aromatic N) is 2. The molecule has 218 valence electrons. The van der Waals surface area contributed by atoms with Crippen LogP contribution in [0.3, 0.4) is 0 Å².